The second-order valence-corrected chi connectivity index (χ2v) is 5.55. The van der Waals surface area contributed by atoms with Crippen molar-refractivity contribution >= 4 is 15.7 Å². The molecule has 0 heterocycles. The van der Waals surface area contributed by atoms with Gasteiger partial charge in [-0.05, 0) is 12.5 Å². The zero-order valence-electron chi connectivity index (χ0n) is 10.2. The summed E-state index contributed by atoms with van der Waals surface area (Å²) in [5, 5.41) is 10.4. The first-order chi connectivity index (χ1) is 8.81. The molecule has 1 aromatic rings. The Morgan fingerprint density at radius 1 is 1.53 bits per heavy atom. The van der Waals surface area contributed by atoms with Crippen molar-refractivity contribution in [2.45, 2.75) is 24.3 Å². The molecule has 0 bridgehead atoms. The fourth-order valence-corrected chi connectivity index (χ4v) is 2.73. The molecule has 1 rings (SSSR count). The van der Waals surface area contributed by atoms with Crippen LogP contribution in [0, 0.1) is 15.9 Å². The maximum Gasteiger partial charge on any atom is 0.304 e. The van der Waals surface area contributed by atoms with E-state index in [0.29, 0.717) is 12.5 Å². The third-order valence-electron chi connectivity index (χ3n) is 2.53. The molecule has 0 radical (unpaired) electrons. The Kier molecular flexibility index (Phi) is 4.92. The maximum atomic E-state index is 13.4. The summed E-state index contributed by atoms with van der Waals surface area (Å²) in [7, 11) is -3.94. The number of nitrogens with zero attached hydrogens (tertiary/aromatic N) is 1. The monoisotopic (exact) mass is 291 g/mol. The van der Waals surface area contributed by atoms with Crippen LogP contribution in [0.5, 0.6) is 0 Å². The van der Waals surface area contributed by atoms with Gasteiger partial charge in [-0.2, -0.15) is 4.39 Å². The van der Waals surface area contributed by atoms with Gasteiger partial charge in [-0.15, -0.1) is 0 Å². The lowest BCUT2D eigenvalue weighted by atomic mass is 10.2. The summed E-state index contributed by atoms with van der Waals surface area (Å²) in [5.74, 6) is -1.20. The highest BCUT2D eigenvalue weighted by Gasteiger charge is 2.22. The summed E-state index contributed by atoms with van der Waals surface area (Å²) in [4.78, 5) is 9.14. The minimum atomic E-state index is -3.94. The minimum absolute atomic E-state index is 0.102. The molecule has 106 valence electrons. The van der Waals surface area contributed by atoms with E-state index in [4.69, 9.17) is 5.73 Å². The fraction of sp³-hybridized carbons (Fsp3) is 0.400. The SMILES string of the molecule is CCC(CN)NS(=O)(=O)c1ccc([N+](=O)[O-])c(F)c1. The summed E-state index contributed by atoms with van der Waals surface area (Å²) in [5.41, 5.74) is 4.60. The van der Waals surface area contributed by atoms with E-state index in [2.05, 4.69) is 4.72 Å². The van der Waals surface area contributed by atoms with Crippen LogP contribution < -0.4 is 10.5 Å². The van der Waals surface area contributed by atoms with Gasteiger partial charge in [0, 0.05) is 24.7 Å². The van der Waals surface area contributed by atoms with Gasteiger partial charge >= 0.3 is 5.69 Å². The average Bonchev–Trinajstić information content (AvgIpc) is 2.35. The highest BCUT2D eigenvalue weighted by atomic mass is 32.2. The van der Waals surface area contributed by atoms with Gasteiger partial charge in [0.2, 0.25) is 15.8 Å². The van der Waals surface area contributed by atoms with Gasteiger partial charge in [0.25, 0.3) is 0 Å². The molecule has 7 nitrogen and oxygen atoms in total. The van der Waals surface area contributed by atoms with E-state index in [1.54, 1.807) is 6.92 Å². The standard InChI is InChI=1S/C10H14FN3O4S/c1-2-7(6-12)13-19(17,18)8-3-4-10(14(15)16)9(11)5-8/h3-5,7,13H,2,6,12H2,1H3. The predicted molar refractivity (Wildman–Crippen MR) is 66.5 cm³/mol. The second-order valence-electron chi connectivity index (χ2n) is 3.83. The number of nitro benzene ring substituents is 1. The summed E-state index contributed by atoms with van der Waals surface area (Å²) in [6.45, 7) is 1.85. The van der Waals surface area contributed by atoms with Crippen molar-refractivity contribution in [3.63, 3.8) is 0 Å². The van der Waals surface area contributed by atoms with Gasteiger partial charge in [-0.3, -0.25) is 10.1 Å². The molecule has 3 N–H and O–H groups in total. The molecule has 0 aromatic heterocycles. The van der Waals surface area contributed by atoms with Crippen LogP contribution in [0.2, 0.25) is 0 Å². The number of nitro groups is 1. The van der Waals surface area contributed by atoms with Crippen LogP contribution in [0.1, 0.15) is 13.3 Å². The van der Waals surface area contributed by atoms with E-state index in [9.17, 15) is 22.9 Å². The van der Waals surface area contributed by atoms with Gasteiger partial charge in [-0.1, -0.05) is 6.92 Å². The lowest BCUT2D eigenvalue weighted by Crippen LogP contribution is -2.39. The number of sulfonamides is 1. The quantitative estimate of drug-likeness (QED) is 0.592. The molecule has 19 heavy (non-hydrogen) atoms. The molecule has 1 unspecified atom stereocenters. The third kappa shape index (κ3) is 3.69. The Hall–Kier alpha value is -1.58. The van der Waals surface area contributed by atoms with Crippen LogP contribution in [0.15, 0.2) is 23.1 Å². The normalized spacial score (nSPS) is 13.2. The van der Waals surface area contributed by atoms with Crippen molar-refractivity contribution in [2.75, 3.05) is 6.54 Å². The number of rotatable bonds is 6. The van der Waals surface area contributed by atoms with Gasteiger partial charge in [0.15, 0.2) is 0 Å². The smallest absolute Gasteiger partial charge is 0.304 e. The lowest BCUT2D eigenvalue weighted by Gasteiger charge is -2.14. The molecule has 1 atom stereocenters. The Bertz CT molecular complexity index is 572. The highest BCUT2D eigenvalue weighted by Crippen LogP contribution is 2.20. The Labute approximate surface area is 109 Å². The van der Waals surface area contributed by atoms with Crippen molar-refractivity contribution in [3.05, 3.63) is 34.1 Å². The van der Waals surface area contributed by atoms with Gasteiger partial charge in [-0.25, -0.2) is 13.1 Å². The van der Waals surface area contributed by atoms with Crippen LogP contribution in [-0.2, 0) is 10.0 Å². The van der Waals surface area contributed by atoms with Crippen molar-refractivity contribution in [2.24, 2.45) is 5.73 Å². The number of hydrogen-bond acceptors (Lipinski definition) is 5. The average molecular weight is 291 g/mol. The zero-order chi connectivity index (χ0) is 14.6. The lowest BCUT2D eigenvalue weighted by molar-refractivity contribution is -0.387. The highest BCUT2D eigenvalue weighted by molar-refractivity contribution is 7.89. The third-order valence-corrected chi connectivity index (χ3v) is 4.04. The topological polar surface area (TPSA) is 115 Å². The minimum Gasteiger partial charge on any atom is -0.329 e. The van der Waals surface area contributed by atoms with E-state index >= 15 is 0 Å². The first-order valence-corrected chi connectivity index (χ1v) is 6.96. The number of nitrogens with two attached hydrogens (primary N) is 1. The van der Waals surface area contributed by atoms with Gasteiger partial charge in [0.05, 0.1) is 9.82 Å². The van der Waals surface area contributed by atoms with Crippen LogP contribution in [-0.4, -0.2) is 25.9 Å². The molecule has 0 spiro atoms. The Morgan fingerprint density at radius 3 is 2.58 bits per heavy atom. The van der Waals surface area contributed by atoms with E-state index in [-0.39, 0.29) is 11.4 Å². The Balaban J connectivity index is 3.09. The molecule has 0 saturated heterocycles. The predicted octanol–water partition coefficient (Wildman–Crippen LogP) is 0.750. The fourth-order valence-electron chi connectivity index (χ4n) is 1.39. The molecule has 1 aromatic carbocycles. The summed E-state index contributed by atoms with van der Waals surface area (Å²) in [6.07, 6.45) is 0.477. The van der Waals surface area contributed by atoms with Crippen molar-refractivity contribution in [3.8, 4) is 0 Å². The van der Waals surface area contributed by atoms with Crippen LogP contribution in [0.4, 0.5) is 10.1 Å². The number of nitrogens with one attached hydrogen (secondary N) is 1. The number of benzene rings is 1. The largest absolute Gasteiger partial charge is 0.329 e. The number of hydrogen-bond donors (Lipinski definition) is 2. The van der Waals surface area contributed by atoms with Gasteiger partial charge in [0.1, 0.15) is 0 Å². The van der Waals surface area contributed by atoms with Crippen molar-refractivity contribution in [1.82, 2.24) is 4.72 Å². The van der Waals surface area contributed by atoms with Crippen LogP contribution in [0.25, 0.3) is 0 Å². The Morgan fingerprint density at radius 2 is 2.16 bits per heavy atom. The molecule has 0 saturated carbocycles. The molecule has 0 aliphatic heterocycles. The van der Waals surface area contributed by atoms with Crippen LogP contribution >= 0.6 is 0 Å². The second kappa shape index (κ2) is 6.04. The molecule has 9 heteroatoms. The number of halogens is 1. The van der Waals surface area contributed by atoms with Gasteiger partial charge < -0.3 is 5.73 Å². The van der Waals surface area contributed by atoms with Crippen molar-refractivity contribution < 1.29 is 17.7 Å². The van der Waals surface area contributed by atoms with E-state index in [0.717, 1.165) is 12.1 Å². The first-order valence-electron chi connectivity index (χ1n) is 5.48. The summed E-state index contributed by atoms with van der Waals surface area (Å²) < 4.78 is 39.5. The molecular weight excluding hydrogens is 277 g/mol. The summed E-state index contributed by atoms with van der Waals surface area (Å²) >= 11 is 0. The summed E-state index contributed by atoms with van der Waals surface area (Å²) in [6, 6.07) is 1.94. The molecule has 0 aliphatic carbocycles. The molecular formula is C10H14FN3O4S. The molecule has 0 fully saturated rings. The zero-order valence-corrected chi connectivity index (χ0v) is 11.0. The maximum absolute atomic E-state index is 13.4. The van der Waals surface area contributed by atoms with E-state index < -0.39 is 32.5 Å². The molecule has 0 amide bonds. The van der Waals surface area contributed by atoms with Crippen molar-refractivity contribution in [1.29, 1.82) is 0 Å². The molecule has 0 aliphatic rings. The van der Waals surface area contributed by atoms with E-state index in [1.807, 2.05) is 0 Å². The first kappa shape index (κ1) is 15.5. The van der Waals surface area contributed by atoms with Crippen LogP contribution in [0.3, 0.4) is 0 Å². The van der Waals surface area contributed by atoms with E-state index in [1.165, 1.54) is 0 Å².